The van der Waals surface area contributed by atoms with Gasteiger partial charge >= 0.3 is 165 Å². The third-order valence-corrected chi connectivity index (χ3v) is 34.7. The van der Waals surface area contributed by atoms with Crippen molar-refractivity contribution in [3.05, 3.63) is 61.3 Å². The van der Waals surface area contributed by atoms with Crippen LogP contribution >= 0.6 is 0 Å². The van der Waals surface area contributed by atoms with Gasteiger partial charge in [0, 0.05) is 0 Å². The summed E-state index contributed by atoms with van der Waals surface area (Å²) >= 11 is -2.17. The Kier molecular flexibility index (Phi) is 9.16. The van der Waals surface area contributed by atoms with E-state index >= 15 is 0 Å². The van der Waals surface area contributed by atoms with Crippen LogP contribution in [0.25, 0.3) is 0 Å². The van der Waals surface area contributed by atoms with Gasteiger partial charge < -0.3 is 24.8 Å². The molecule has 0 radical (unpaired) electrons. The molecule has 0 unspecified atom stereocenters. The Morgan fingerprint density at radius 3 is 1.30 bits per heavy atom. The van der Waals surface area contributed by atoms with Gasteiger partial charge in [0.15, 0.2) is 0 Å². The molecule has 0 aliphatic heterocycles. The van der Waals surface area contributed by atoms with E-state index in [0.717, 1.165) is 0 Å². The average Bonchev–Trinajstić information content (AvgIpc) is 3.07. The monoisotopic (exact) mass is 501 g/mol. The van der Waals surface area contributed by atoms with E-state index in [1.807, 2.05) is 0 Å². The van der Waals surface area contributed by atoms with Crippen molar-refractivity contribution in [2.24, 2.45) is 10.8 Å². The molecule has 0 spiro atoms. The fraction of sp³-hybridized carbons (Fsp3) is 0.565. The maximum absolute atomic E-state index is 4.15. The smallest absolute Gasteiger partial charge is 1.00 e. The van der Waals surface area contributed by atoms with Gasteiger partial charge in [-0.2, -0.15) is 0 Å². The van der Waals surface area contributed by atoms with Crippen molar-refractivity contribution in [2.45, 2.75) is 66.9 Å². The average molecular weight is 504 g/mol. The molecule has 151 valence electrons. The predicted molar refractivity (Wildman–Crippen MR) is 113 cm³/mol. The molecule has 0 bridgehead atoms. The standard InChI is InChI=1S/2C9H13.C5H11Si.2ClH.Zr/c2*1-9(2,3)8-6-4-5-7-8;1-4-5-6(2)3;;;/h2*4-7H,1-3H3;4H,1,5H2,2-3H3;2*1H;/q;;;;;+2/p-2. The molecular formula is C23H37Cl2SiZr. The van der Waals surface area contributed by atoms with E-state index in [2.05, 4.69) is 116 Å². The predicted octanol–water partition coefficient (Wildman–Crippen LogP) is 1.67. The minimum atomic E-state index is -2.17. The van der Waals surface area contributed by atoms with E-state index in [4.69, 9.17) is 0 Å². The van der Waals surface area contributed by atoms with E-state index < -0.39 is 26.1 Å². The summed E-state index contributed by atoms with van der Waals surface area (Å²) < 4.78 is 0.528. The Morgan fingerprint density at radius 1 is 0.778 bits per heavy atom. The second-order valence-corrected chi connectivity index (χ2v) is 33.5. The van der Waals surface area contributed by atoms with Crippen LogP contribution in [0.3, 0.4) is 0 Å². The molecule has 0 aromatic rings. The van der Waals surface area contributed by atoms with Gasteiger partial charge in [0.2, 0.25) is 0 Å². The first-order chi connectivity index (χ1) is 11.3. The number of halogens is 2. The number of rotatable bonds is 5. The van der Waals surface area contributed by atoms with Crippen LogP contribution in [0.2, 0.25) is 25.4 Å². The first-order valence-electron chi connectivity index (χ1n) is 9.57. The summed E-state index contributed by atoms with van der Waals surface area (Å²) in [5.74, 6) is 0. The molecule has 0 atom stereocenters. The molecule has 2 aliphatic carbocycles. The molecule has 0 saturated heterocycles. The van der Waals surface area contributed by atoms with Gasteiger partial charge in [0.25, 0.3) is 0 Å². The first-order valence-corrected chi connectivity index (χ1v) is 18.9. The van der Waals surface area contributed by atoms with Crippen molar-refractivity contribution in [3.8, 4) is 0 Å². The molecule has 0 heterocycles. The largest absolute Gasteiger partial charge is 1.00 e. The molecule has 0 fully saturated rings. The maximum atomic E-state index is 4.15. The second kappa shape index (κ2) is 9.03. The van der Waals surface area contributed by atoms with Gasteiger partial charge in [-0.25, -0.2) is 0 Å². The first kappa shape index (κ1) is 27.4. The summed E-state index contributed by atoms with van der Waals surface area (Å²) in [4.78, 5) is 0. The van der Waals surface area contributed by atoms with Crippen molar-refractivity contribution in [2.75, 3.05) is 0 Å². The van der Waals surface area contributed by atoms with Gasteiger partial charge in [-0.05, 0) is 0 Å². The summed E-state index contributed by atoms with van der Waals surface area (Å²) in [6.07, 6.45) is 21.9. The number of hydrogen-bond donors (Lipinski definition) is 0. The molecule has 4 heteroatoms. The summed E-state index contributed by atoms with van der Waals surface area (Å²) in [5, 5.41) is -1.45. The molecule has 0 N–H and O–H groups in total. The fourth-order valence-corrected chi connectivity index (χ4v) is 41.6. The molecule has 27 heavy (non-hydrogen) atoms. The number of hydrogen-bond acceptors (Lipinski definition) is 0. The Hall–Kier alpha value is 0.380. The molecule has 0 aromatic carbocycles. The Labute approximate surface area is 188 Å². The summed E-state index contributed by atoms with van der Waals surface area (Å²) in [5.41, 5.74) is 0.498. The molecule has 0 nitrogen and oxygen atoms in total. The van der Waals surface area contributed by atoms with Crippen molar-refractivity contribution >= 4 is 5.20 Å². The van der Waals surface area contributed by atoms with Crippen molar-refractivity contribution in [3.63, 3.8) is 0 Å². The Balaban J connectivity index is 0.00000338. The number of allylic oxidation sites excluding steroid dienone is 9. The third kappa shape index (κ3) is 4.60. The van der Waals surface area contributed by atoms with Gasteiger partial charge in [-0.15, -0.1) is 0 Å². The minimum Gasteiger partial charge on any atom is -1.00 e. The van der Waals surface area contributed by atoms with Crippen LogP contribution in [0.1, 0.15) is 41.5 Å². The quantitative estimate of drug-likeness (QED) is 0.396. The summed E-state index contributed by atoms with van der Waals surface area (Å²) in [6.45, 7) is 24.2. The molecule has 2 rings (SSSR count). The van der Waals surface area contributed by atoms with Gasteiger partial charge in [-0.3, -0.25) is 0 Å². The van der Waals surface area contributed by atoms with Gasteiger partial charge in [0.05, 0.1) is 0 Å². The van der Waals surface area contributed by atoms with Crippen LogP contribution in [-0.4, -0.2) is 5.20 Å². The van der Waals surface area contributed by atoms with Crippen molar-refractivity contribution in [1.82, 2.24) is 0 Å². The van der Waals surface area contributed by atoms with Gasteiger partial charge in [-0.1, -0.05) is 0 Å². The van der Waals surface area contributed by atoms with Crippen LogP contribution < -0.4 is 24.8 Å². The zero-order chi connectivity index (χ0) is 19.1. The van der Waals surface area contributed by atoms with E-state index in [1.54, 1.807) is 0 Å². The van der Waals surface area contributed by atoms with Crippen LogP contribution in [0.5, 0.6) is 0 Å². The third-order valence-electron chi connectivity index (χ3n) is 6.30. The fourth-order valence-electron chi connectivity index (χ4n) is 4.95. The van der Waals surface area contributed by atoms with Crippen LogP contribution in [0.15, 0.2) is 61.3 Å². The molecule has 0 amide bonds. The topological polar surface area (TPSA) is 0 Å². The van der Waals surface area contributed by atoms with E-state index in [1.165, 1.54) is 6.04 Å². The molecule has 0 saturated carbocycles. The zero-order valence-electron chi connectivity index (χ0n) is 18.4. The van der Waals surface area contributed by atoms with Crippen LogP contribution in [0, 0.1) is 10.8 Å². The van der Waals surface area contributed by atoms with Gasteiger partial charge in [0.1, 0.15) is 0 Å². The molecule has 2 aliphatic rings. The molecule has 0 aromatic heterocycles. The Bertz CT molecular complexity index is 572. The van der Waals surface area contributed by atoms with Crippen molar-refractivity contribution < 1.29 is 45.7 Å². The van der Waals surface area contributed by atoms with Crippen LogP contribution in [0.4, 0.5) is 0 Å². The maximum Gasteiger partial charge on any atom is -1.00 e. The van der Waals surface area contributed by atoms with E-state index in [0.29, 0.717) is 0 Å². The summed E-state index contributed by atoms with van der Waals surface area (Å²) in [7, 11) is 0. The van der Waals surface area contributed by atoms with Crippen LogP contribution in [-0.2, 0) is 20.9 Å². The minimum absolute atomic E-state index is 0. The molecular weight excluding hydrogens is 466 g/mol. The Morgan fingerprint density at radius 2 is 1.07 bits per heavy atom. The van der Waals surface area contributed by atoms with Crippen molar-refractivity contribution in [1.29, 1.82) is 0 Å². The second-order valence-electron chi connectivity index (χ2n) is 10.4. The van der Waals surface area contributed by atoms with E-state index in [-0.39, 0.29) is 41.9 Å². The zero-order valence-corrected chi connectivity index (χ0v) is 23.3. The SMILES string of the molecule is C=CC[Si](C)(C)[Zr+2]([C]1(C(C)(C)C)C=CC=C1)[C]1(C(C)(C)C)C=CC=C1.[Cl-].[Cl-]. The van der Waals surface area contributed by atoms with E-state index in [9.17, 15) is 0 Å². The normalized spacial score (nSPS) is 19.6. The summed E-state index contributed by atoms with van der Waals surface area (Å²) in [6, 6.07) is 1.24.